The van der Waals surface area contributed by atoms with E-state index in [9.17, 15) is 5.11 Å². The summed E-state index contributed by atoms with van der Waals surface area (Å²) in [6.07, 6.45) is 15.8. The van der Waals surface area contributed by atoms with Gasteiger partial charge >= 0.3 is 0 Å². The van der Waals surface area contributed by atoms with Crippen molar-refractivity contribution in [2.45, 2.75) is 90.1 Å². The van der Waals surface area contributed by atoms with Gasteiger partial charge in [-0.1, -0.05) is 102 Å². The summed E-state index contributed by atoms with van der Waals surface area (Å²) in [6, 6.07) is 16.8. The minimum absolute atomic E-state index is 0.578. The van der Waals surface area contributed by atoms with Crippen molar-refractivity contribution >= 4 is 37.4 Å². The first-order valence-electron chi connectivity index (χ1n) is 12.9. The van der Waals surface area contributed by atoms with Crippen molar-refractivity contribution in [3.8, 4) is 0 Å². The van der Waals surface area contributed by atoms with Gasteiger partial charge in [0.1, 0.15) is 0 Å². The van der Waals surface area contributed by atoms with Crippen LogP contribution in [0.5, 0.6) is 0 Å². The number of rotatable bonds is 6. The topological polar surface area (TPSA) is 20.2 Å². The molecule has 0 heterocycles. The van der Waals surface area contributed by atoms with Crippen molar-refractivity contribution in [2.24, 2.45) is 11.8 Å². The van der Waals surface area contributed by atoms with Crippen LogP contribution in [-0.2, 0) is 5.60 Å². The Labute approximate surface area is 218 Å². The van der Waals surface area contributed by atoms with E-state index in [4.69, 9.17) is 0 Å². The zero-order valence-corrected chi connectivity index (χ0v) is 23.5. The number of hydrogen-bond acceptors (Lipinski definition) is 1. The molecule has 0 saturated heterocycles. The van der Waals surface area contributed by atoms with Crippen molar-refractivity contribution in [1.29, 1.82) is 0 Å². The number of allylic oxidation sites excluding steroid dienone is 2. The summed E-state index contributed by atoms with van der Waals surface area (Å²) in [4.78, 5) is 0. The summed E-state index contributed by atoms with van der Waals surface area (Å²) >= 11 is 6.92. The standard InChI is InChI=1S/C15H21BrO.C15H19Br/c1-2-3-12-8-10-15(17,11-9-12)13-4-6-14(16)7-5-13;1-2-3-12-4-6-13(7-5-12)14-8-10-15(16)11-9-14/h4-7,12,17H,2-3,8-11H2,1H3;6,8-12H,2-5,7H2,1H3. The van der Waals surface area contributed by atoms with Gasteiger partial charge in [-0.15, -0.1) is 0 Å². The molecule has 1 N–H and O–H groups in total. The van der Waals surface area contributed by atoms with Crippen molar-refractivity contribution in [1.82, 2.24) is 0 Å². The smallest absolute Gasteiger partial charge is 0.0896 e. The minimum atomic E-state index is -0.578. The van der Waals surface area contributed by atoms with Crippen LogP contribution in [0.25, 0.3) is 5.57 Å². The van der Waals surface area contributed by atoms with E-state index in [1.807, 2.05) is 24.3 Å². The van der Waals surface area contributed by atoms with Crippen LogP contribution < -0.4 is 0 Å². The highest BCUT2D eigenvalue weighted by Crippen LogP contribution is 2.41. The highest BCUT2D eigenvalue weighted by Gasteiger charge is 2.34. The Morgan fingerprint density at radius 3 is 1.85 bits per heavy atom. The van der Waals surface area contributed by atoms with E-state index >= 15 is 0 Å². The molecule has 0 spiro atoms. The summed E-state index contributed by atoms with van der Waals surface area (Å²) in [7, 11) is 0. The molecule has 2 aromatic rings. The van der Waals surface area contributed by atoms with Gasteiger partial charge in [0.2, 0.25) is 0 Å². The third-order valence-corrected chi connectivity index (χ3v) is 8.50. The molecule has 1 nitrogen and oxygen atoms in total. The molecule has 1 saturated carbocycles. The number of halogens is 2. The molecule has 4 rings (SSSR count). The second-order valence-electron chi connectivity index (χ2n) is 9.94. The van der Waals surface area contributed by atoms with Gasteiger partial charge in [-0.2, -0.15) is 0 Å². The van der Waals surface area contributed by atoms with Crippen LogP contribution >= 0.6 is 31.9 Å². The lowest BCUT2D eigenvalue weighted by Gasteiger charge is -2.36. The third kappa shape index (κ3) is 8.08. The van der Waals surface area contributed by atoms with E-state index in [0.717, 1.165) is 39.2 Å². The van der Waals surface area contributed by atoms with Crippen molar-refractivity contribution in [3.63, 3.8) is 0 Å². The summed E-state index contributed by atoms with van der Waals surface area (Å²) < 4.78 is 2.24. The first kappa shape index (κ1) is 26.7. The van der Waals surface area contributed by atoms with Crippen molar-refractivity contribution in [2.75, 3.05) is 0 Å². The molecule has 0 radical (unpaired) electrons. The van der Waals surface area contributed by atoms with E-state index in [1.165, 1.54) is 63.4 Å². The molecule has 33 heavy (non-hydrogen) atoms. The van der Waals surface area contributed by atoms with E-state index in [2.05, 4.69) is 76.0 Å². The maximum Gasteiger partial charge on any atom is 0.0896 e. The molecule has 3 heteroatoms. The van der Waals surface area contributed by atoms with Gasteiger partial charge in [-0.05, 0) is 97.7 Å². The second kappa shape index (κ2) is 13.3. The Hall–Kier alpha value is -0.900. The first-order chi connectivity index (χ1) is 15.9. The SMILES string of the molecule is CCCC1CC=C(c2ccc(Br)cc2)CC1.CCCC1CCC(O)(c2ccc(Br)cc2)CC1. The largest absolute Gasteiger partial charge is 0.385 e. The lowest BCUT2D eigenvalue weighted by molar-refractivity contribution is -0.0152. The van der Waals surface area contributed by atoms with Gasteiger partial charge in [-0.25, -0.2) is 0 Å². The molecule has 2 aliphatic rings. The lowest BCUT2D eigenvalue weighted by atomic mass is 9.74. The van der Waals surface area contributed by atoms with Crippen LogP contribution in [0.15, 0.2) is 63.6 Å². The molecule has 2 aromatic carbocycles. The lowest BCUT2D eigenvalue weighted by Crippen LogP contribution is -2.31. The fourth-order valence-corrected chi connectivity index (χ4v) is 5.91. The molecule has 1 atom stereocenters. The quantitative estimate of drug-likeness (QED) is 0.363. The zero-order chi connectivity index (χ0) is 23.7. The summed E-state index contributed by atoms with van der Waals surface area (Å²) in [5.74, 6) is 1.76. The monoisotopic (exact) mass is 574 g/mol. The Balaban J connectivity index is 0.000000186. The number of benzene rings is 2. The third-order valence-electron chi connectivity index (χ3n) is 7.44. The van der Waals surface area contributed by atoms with E-state index in [1.54, 1.807) is 5.57 Å². The molecule has 180 valence electrons. The van der Waals surface area contributed by atoms with Crippen LogP contribution in [0.3, 0.4) is 0 Å². The molecule has 1 unspecified atom stereocenters. The number of aliphatic hydroxyl groups is 1. The van der Waals surface area contributed by atoms with Crippen LogP contribution in [0.1, 0.15) is 95.6 Å². The van der Waals surface area contributed by atoms with Gasteiger partial charge < -0.3 is 5.11 Å². The molecule has 0 aliphatic heterocycles. The van der Waals surface area contributed by atoms with Crippen LogP contribution in [0, 0.1) is 11.8 Å². The van der Waals surface area contributed by atoms with Crippen LogP contribution in [0.4, 0.5) is 0 Å². The van der Waals surface area contributed by atoms with Crippen LogP contribution in [-0.4, -0.2) is 5.11 Å². The van der Waals surface area contributed by atoms with Crippen molar-refractivity contribution < 1.29 is 5.11 Å². The van der Waals surface area contributed by atoms with E-state index < -0.39 is 5.60 Å². The Morgan fingerprint density at radius 2 is 1.33 bits per heavy atom. The maximum absolute atomic E-state index is 10.7. The predicted octanol–water partition coefficient (Wildman–Crippen LogP) is 10.1. The fourth-order valence-electron chi connectivity index (χ4n) is 5.39. The summed E-state index contributed by atoms with van der Waals surface area (Å²) in [6.45, 7) is 4.53. The van der Waals surface area contributed by atoms with Gasteiger partial charge in [0, 0.05) is 8.95 Å². The summed E-state index contributed by atoms with van der Waals surface area (Å²) in [5, 5.41) is 10.7. The number of hydrogen-bond donors (Lipinski definition) is 1. The molecular formula is C30H40Br2O. The molecule has 0 bridgehead atoms. The van der Waals surface area contributed by atoms with Gasteiger partial charge in [-0.3, -0.25) is 0 Å². The molecular weight excluding hydrogens is 536 g/mol. The van der Waals surface area contributed by atoms with Gasteiger partial charge in [0.05, 0.1) is 5.60 Å². The molecule has 2 aliphatic carbocycles. The van der Waals surface area contributed by atoms with Gasteiger partial charge in [0.15, 0.2) is 0 Å². The van der Waals surface area contributed by atoms with E-state index in [-0.39, 0.29) is 0 Å². The zero-order valence-electron chi connectivity index (χ0n) is 20.3. The molecule has 0 aromatic heterocycles. The van der Waals surface area contributed by atoms with Gasteiger partial charge in [0.25, 0.3) is 0 Å². The second-order valence-corrected chi connectivity index (χ2v) is 11.8. The Bertz CT molecular complexity index is 861. The first-order valence-corrected chi connectivity index (χ1v) is 14.5. The highest BCUT2D eigenvalue weighted by molar-refractivity contribution is 9.10. The average molecular weight is 576 g/mol. The van der Waals surface area contributed by atoms with Crippen molar-refractivity contribution in [3.05, 3.63) is 74.7 Å². The molecule has 0 amide bonds. The minimum Gasteiger partial charge on any atom is -0.385 e. The van der Waals surface area contributed by atoms with Crippen LogP contribution in [0.2, 0.25) is 0 Å². The molecule has 1 fully saturated rings. The highest BCUT2D eigenvalue weighted by atomic mass is 79.9. The Kier molecular flexibility index (Phi) is 10.7. The fraction of sp³-hybridized carbons (Fsp3) is 0.533. The Morgan fingerprint density at radius 1 is 0.788 bits per heavy atom. The predicted molar refractivity (Wildman–Crippen MR) is 149 cm³/mol. The maximum atomic E-state index is 10.7. The normalized spacial score (nSPS) is 25.1. The average Bonchev–Trinajstić information content (AvgIpc) is 2.83. The summed E-state index contributed by atoms with van der Waals surface area (Å²) in [5.41, 5.74) is 3.44. The van der Waals surface area contributed by atoms with E-state index in [0.29, 0.717) is 0 Å².